The summed E-state index contributed by atoms with van der Waals surface area (Å²) in [7, 11) is 14.8. The second kappa shape index (κ2) is 26.1. The highest BCUT2D eigenvalue weighted by molar-refractivity contribution is 6.37. The molecule has 25 rings (SSSR count). The number of benzene rings is 8. The Morgan fingerprint density at radius 3 is 0.690 bits per heavy atom. The lowest BCUT2D eigenvalue weighted by molar-refractivity contribution is 0.374. The van der Waals surface area contributed by atoms with E-state index in [9.17, 15) is 0 Å². The first kappa shape index (κ1) is 72.5. The van der Waals surface area contributed by atoms with Crippen molar-refractivity contribution in [1.29, 1.82) is 0 Å². The Hall–Kier alpha value is -11.2. The van der Waals surface area contributed by atoms with E-state index in [1.165, 1.54) is 178 Å². The number of allylic oxidation sites excluding steroid dienone is 4. The number of aromatic nitrogens is 2. The van der Waals surface area contributed by atoms with E-state index in [4.69, 9.17) is 57.8 Å². The lowest BCUT2D eigenvalue weighted by atomic mass is 9.60. The van der Waals surface area contributed by atoms with Gasteiger partial charge in [-0.05, 0) is 294 Å². The van der Waals surface area contributed by atoms with Crippen molar-refractivity contribution in [1.82, 2.24) is 9.97 Å². The predicted molar refractivity (Wildman–Crippen MR) is 463 cm³/mol. The summed E-state index contributed by atoms with van der Waals surface area (Å²) in [5.74, 6) is 5.75. The highest BCUT2D eigenvalue weighted by Crippen LogP contribution is 2.69. The van der Waals surface area contributed by atoms with Gasteiger partial charge < -0.3 is 47.9 Å². The van der Waals surface area contributed by atoms with Crippen molar-refractivity contribution in [2.45, 2.75) is 182 Å². The van der Waals surface area contributed by atoms with Crippen LogP contribution in [-0.2, 0) is 0 Å². The van der Waals surface area contributed by atoms with Crippen molar-refractivity contribution >= 4 is 33.7 Å². The van der Waals surface area contributed by atoms with E-state index < -0.39 is 0 Å². The maximum atomic E-state index is 6.93. The molecule has 8 unspecified atom stereocenters. The van der Waals surface area contributed by atoms with E-state index in [1.807, 2.05) is 56.9 Å². The topological polar surface area (TPSA) is 130 Å². The maximum Gasteiger partial charge on any atom is 0.123 e. The summed E-state index contributed by atoms with van der Waals surface area (Å²) in [4.78, 5) is 23.5. The molecule has 12 heteroatoms. The Kier molecular flexibility index (Phi) is 16.3. The molecule has 0 fully saturated rings. The van der Waals surface area contributed by atoms with Gasteiger partial charge in [-0.1, -0.05) is 70.8 Å². The van der Waals surface area contributed by atoms with Crippen LogP contribution in [0.4, 0.5) is 0 Å². The number of methoxy groups -OCH3 is 8. The quantitative estimate of drug-likeness (QED) is 0.124. The third kappa shape index (κ3) is 9.61. The van der Waals surface area contributed by atoms with E-state index in [0.717, 1.165) is 165 Å². The Balaban J connectivity index is 1.08. The molecule has 10 aromatic rings. The molecule has 2 aromatic heterocycles. The van der Waals surface area contributed by atoms with Crippen molar-refractivity contribution < 1.29 is 37.9 Å². The zero-order valence-corrected chi connectivity index (χ0v) is 70.7. The zero-order chi connectivity index (χ0) is 80.1. The summed E-state index contributed by atoms with van der Waals surface area (Å²) in [6.07, 6.45) is 7.07. The summed E-state index contributed by atoms with van der Waals surface area (Å²) in [6.45, 7) is 27.8. The van der Waals surface area contributed by atoms with Crippen LogP contribution in [0.15, 0.2) is 141 Å². The van der Waals surface area contributed by atoms with E-state index in [1.54, 1.807) is 0 Å². The molecule has 2 aliphatic heterocycles. The largest absolute Gasteiger partial charge is 0.496 e. The van der Waals surface area contributed by atoms with Crippen molar-refractivity contribution in [2.75, 3.05) is 56.9 Å². The first-order valence-corrected chi connectivity index (χ1v) is 41.9. The predicted octanol–water partition coefficient (Wildman–Crippen LogP) is 21.3. The van der Waals surface area contributed by atoms with Crippen LogP contribution in [0.25, 0.3) is 22.3 Å². The number of ether oxygens (including phenoxy) is 8. The molecule has 586 valence electrons. The van der Waals surface area contributed by atoms with E-state index in [2.05, 4.69) is 180 Å². The number of aliphatic imine (C=N–C) groups is 2. The summed E-state index contributed by atoms with van der Waals surface area (Å²) < 4.78 is 53.8. The van der Waals surface area contributed by atoms with Crippen LogP contribution in [-0.4, -0.2) is 78.3 Å². The van der Waals surface area contributed by atoms with Gasteiger partial charge in [-0.3, -0.25) is 0 Å². The molecule has 0 saturated heterocycles. The molecule has 8 atom stereocenters. The van der Waals surface area contributed by atoms with Crippen LogP contribution in [0.2, 0.25) is 0 Å². The van der Waals surface area contributed by atoms with Crippen molar-refractivity contribution in [3.05, 3.63) is 309 Å². The molecule has 0 amide bonds. The molecule has 4 heterocycles. The lowest BCUT2D eigenvalue weighted by Gasteiger charge is -2.43. The van der Waals surface area contributed by atoms with Crippen LogP contribution in [0.1, 0.15) is 266 Å². The summed E-state index contributed by atoms with van der Waals surface area (Å²) in [5, 5.41) is 2.15. The average molecular weight is 1540 g/mol. The third-order valence-corrected chi connectivity index (χ3v) is 29.0. The van der Waals surface area contributed by atoms with Gasteiger partial charge in [-0.15, -0.1) is 0 Å². The van der Waals surface area contributed by atoms with Crippen LogP contribution in [0.3, 0.4) is 0 Å². The van der Waals surface area contributed by atoms with Gasteiger partial charge in [-0.2, -0.15) is 0 Å². The van der Waals surface area contributed by atoms with E-state index >= 15 is 0 Å². The first-order chi connectivity index (χ1) is 56.2. The first-order valence-electron chi connectivity index (χ1n) is 41.9. The number of hydrogen-bond acceptors (Lipinski definition) is 10. The molecule has 116 heavy (non-hydrogen) atoms. The molecule has 13 aliphatic carbocycles. The fourth-order valence-electron chi connectivity index (χ4n) is 25.7. The molecule has 12 nitrogen and oxygen atoms in total. The fourth-order valence-corrected chi connectivity index (χ4v) is 25.7. The van der Waals surface area contributed by atoms with Gasteiger partial charge in [0.2, 0.25) is 0 Å². The van der Waals surface area contributed by atoms with Gasteiger partial charge in [0.25, 0.3) is 0 Å². The Bertz CT molecular complexity index is 6050. The van der Waals surface area contributed by atoms with Gasteiger partial charge >= 0.3 is 0 Å². The van der Waals surface area contributed by atoms with Gasteiger partial charge in [0.1, 0.15) is 46.0 Å². The molecular formula is C104H102N4O8. The van der Waals surface area contributed by atoms with Crippen LogP contribution >= 0.6 is 0 Å². The third-order valence-electron chi connectivity index (χ3n) is 29.0. The Morgan fingerprint density at radius 2 is 0.448 bits per heavy atom. The molecule has 8 aromatic carbocycles. The molecule has 15 aliphatic rings. The number of aromatic amines is 2. The SMILES string of the molecule is COc1ccc(OC)c2c1C1CCC2C2=C1C1=NC2=C(c2c(C)cc(C)cc2C)c2[nH]c(c3c2C2CCC3c3c(OC)ccc(OC)c32)C(c2c(C)cc(C)cc2C)=C2N=C(C3=C2C2CCC3c3c(OC)ccc(OC)c32)C(c2c(C)cc(C)cc2C)=c2[nH]c(c3c2C2CCC3c3c(OC)ccc(OC)c32)=C1c1c(C)cc(C)cc1C. The highest BCUT2D eigenvalue weighted by atomic mass is 16.5. The summed E-state index contributed by atoms with van der Waals surface area (Å²) >= 11 is 0. The Labute approximate surface area is 680 Å². The number of aryl methyl sites for hydroxylation is 12. The number of hydrogen-bond donors (Lipinski definition) is 2. The minimum atomic E-state index is -0.157. The van der Waals surface area contributed by atoms with Gasteiger partial charge in [-0.25, -0.2) is 9.98 Å². The number of fused-ring (bicyclic) bond motifs is 4. The molecule has 0 saturated carbocycles. The van der Waals surface area contributed by atoms with Gasteiger partial charge in [0.05, 0.1) is 102 Å². The second-order valence-electron chi connectivity index (χ2n) is 35.2. The minimum Gasteiger partial charge on any atom is -0.496 e. The van der Waals surface area contributed by atoms with Crippen molar-refractivity contribution in [3.63, 3.8) is 0 Å². The normalized spacial score (nSPS) is 21.6. The maximum absolute atomic E-state index is 6.93. The monoisotopic (exact) mass is 1530 g/mol. The van der Waals surface area contributed by atoms with Crippen LogP contribution in [0.5, 0.6) is 46.0 Å². The average Bonchev–Trinajstić information content (AvgIpc) is 1.50. The number of rotatable bonds is 12. The van der Waals surface area contributed by atoms with Crippen molar-refractivity contribution in [3.8, 4) is 46.0 Å². The summed E-state index contributed by atoms with van der Waals surface area (Å²) in [6, 6.07) is 36.5. The minimum absolute atomic E-state index is 0.145. The molecule has 0 radical (unpaired) electrons. The lowest BCUT2D eigenvalue weighted by Crippen LogP contribution is -2.33. The highest BCUT2D eigenvalue weighted by Gasteiger charge is 2.56. The van der Waals surface area contributed by atoms with Crippen LogP contribution in [0, 0.1) is 83.1 Å². The standard InChI is InChI=1S/C104H102N4O8/c1-45-37-49(5)73(50(6)38-45)93-97-85-57-21-23-59(79-67(111-15)31-29-65(109-13)77(57)79)87(85)99(105-97)94(74-51(7)39-46(2)40-52(74)8)101-89-61-25-27-63(83-71(115-19)35-33-69(113-17)81(61)83)91(89)103(107-101)96(76-55(11)43-48(4)44-56(76)12)104-92-64-28-26-62(82-70(114-18)34-36-72(116-20)84(64)82)90(92)102(108-104)95(75-53(9)41-47(3)42-54(75)10)100-88-60-24-22-58(86(88)98(93)106-100)78-66(110-14)30-32-68(112-16)80(60)78/h29-44,57-64,105,108H,21-28H2,1-20H3. The molecular weight excluding hydrogens is 1430 g/mol. The number of nitrogens with one attached hydrogen (secondary N) is 2. The fraction of sp³-hybridized carbons (Fsp3) is 0.346. The number of nitrogens with zero attached hydrogens (tertiary/aromatic N) is 2. The smallest absolute Gasteiger partial charge is 0.123 e. The zero-order valence-electron chi connectivity index (χ0n) is 70.7. The molecule has 2 N–H and O–H groups in total. The Morgan fingerprint density at radius 1 is 0.241 bits per heavy atom. The van der Waals surface area contributed by atoms with E-state index in [0.29, 0.717) is 0 Å². The van der Waals surface area contributed by atoms with Gasteiger partial charge in [0.15, 0.2) is 0 Å². The van der Waals surface area contributed by atoms with Gasteiger partial charge in [0, 0.05) is 114 Å². The van der Waals surface area contributed by atoms with Crippen LogP contribution < -0.4 is 48.6 Å². The second-order valence-corrected chi connectivity index (χ2v) is 35.2. The molecule has 16 bridgehead atoms. The number of H-pyrrole nitrogens is 2. The van der Waals surface area contributed by atoms with E-state index in [-0.39, 0.29) is 47.3 Å². The molecule has 0 spiro atoms. The summed E-state index contributed by atoms with van der Waals surface area (Å²) in [5.41, 5.74) is 49.1. The van der Waals surface area contributed by atoms with Crippen molar-refractivity contribution in [2.24, 2.45) is 9.98 Å².